The average molecular weight is 522 g/mol. The van der Waals surface area contributed by atoms with Gasteiger partial charge >= 0.3 is 6.03 Å². The van der Waals surface area contributed by atoms with E-state index in [2.05, 4.69) is 15.3 Å². The number of imide groups is 1. The van der Waals surface area contributed by atoms with Crippen molar-refractivity contribution in [3.8, 4) is 0 Å². The summed E-state index contributed by atoms with van der Waals surface area (Å²) in [5.74, 6) is -1.30. The molecule has 0 aliphatic carbocycles. The number of amides is 4. The Hall–Kier alpha value is -4.28. The maximum absolute atomic E-state index is 14.2. The molecule has 3 atom stereocenters. The van der Waals surface area contributed by atoms with Gasteiger partial charge in [0, 0.05) is 32.7 Å². The zero-order valence-electron chi connectivity index (χ0n) is 22.1. The lowest BCUT2D eigenvalue weighted by molar-refractivity contribution is -0.156. The molecule has 1 aliphatic rings. The van der Waals surface area contributed by atoms with E-state index in [1.807, 2.05) is 6.92 Å². The Morgan fingerprint density at radius 1 is 1.18 bits per heavy atom. The van der Waals surface area contributed by atoms with E-state index in [9.17, 15) is 18.8 Å². The van der Waals surface area contributed by atoms with Gasteiger partial charge in [0.2, 0.25) is 11.9 Å². The molecule has 3 N–H and O–H groups in total. The highest BCUT2D eigenvalue weighted by Gasteiger charge is 2.55. The van der Waals surface area contributed by atoms with Gasteiger partial charge in [-0.25, -0.2) is 19.2 Å². The predicted molar refractivity (Wildman–Crippen MR) is 141 cm³/mol. The first-order valence-corrected chi connectivity index (χ1v) is 12.4. The van der Waals surface area contributed by atoms with E-state index in [0.29, 0.717) is 29.3 Å². The molecule has 1 aromatic carbocycles. The van der Waals surface area contributed by atoms with Crippen LogP contribution in [-0.4, -0.2) is 50.4 Å². The summed E-state index contributed by atoms with van der Waals surface area (Å²) < 4.78 is 15.9. The number of urea groups is 1. The maximum Gasteiger partial charge on any atom is 0.325 e. The molecule has 3 aromatic rings. The van der Waals surface area contributed by atoms with Crippen LogP contribution in [0.4, 0.5) is 21.0 Å². The van der Waals surface area contributed by atoms with Crippen LogP contribution in [-0.2, 0) is 23.1 Å². The molecule has 4 rings (SSSR count). The summed E-state index contributed by atoms with van der Waals surface area (Å²) in [4.78, 5) is 51.0. The number of hydrogen-bond donors (Lipinski definition) is 2. The van der Waals surface area contributed by atoms with Gasteiger partial charge in [-0.3, -0.25) is 19.4 Å². The summed E-state index contributed by atoms with van der Waals surface area (Å²) in [6.07, 6.45) is 5.52. The van der Waals surface area contributed by atoms with Crippen LogP contribution in [0.5, 0.6) is 0 Å². The summed E-state index contributed by atoms with van der Waals surface area (Å²) in [6, 6.07) is 4.53. The minimum atomic E-state index is -1.05. The van der Waals surface area contributed by atoms with Gasteiger partial charge in [0.25, 0.3) is 5.91 Å². The van der Waals surface area contributed by atoms with Gasteiger partial charge in [0.15, 0.2) is 0 Å². The van der Waals surface area contributed by atoms with E-state index in [4.69, 9.17) is 5.73 Å². The normalized spacial score (nSPS) is 17.6. The smallest absolute Gasteiger partial charge is 0.325 e. The fourth-order valence-electron chi connectivity index (χ4n) is 4.93. The van der Waals surface area contributed by atoms with Crippen molar-refractivity contribution in [2.75, 3.05) is 17.7 Å². The average Bonchev–Trinajstić information content (AvgIpc) is 3.31. The Labute approximate surface area is 220 Å². The number of halogens is 1. The summed E-state index contributed by atoms with van der Waals surface area (Å²) >= 11 is 0. The molecule has 11 heteroatoms. The lowest BCUT2D eigenvalue weighted by atomic mass is 9.81. The number of carbonyl (C=O) groups excluding carboxylic acids is 3. The second-order valence-electron chi connectivity index (χ2n) is 9.67. The maximum atomic E-state index is 14.2. The minimum Gasteiger partial charge on any atom is -0.384 e. The lowest BCUT2D eigenvalue weighted by Crippen LogP contribution is -2.70. The van der Waals surface area contributed by atoms with Gasteiger partial charge in [-0.1, -0.05) is 19.1 Å². The fraction of sp³-hybridized carbons (Fsp3) is 0.370. The third-order valence-corrected chi connectivity index (χ3v) is 6.98. The predicted octanol–water partition coefficient (Wildman–Crippen LogP) is 3.05. The zero-order chi connectivity index (χ0) is 27.7. The van der Waals surface area contributed by atoms with Crippen LogP contribution in [0.3, 0.4) is 0 Å². The van der Waals surface area contributed by atoms with Gasteiger partial charge < -0.3 is 15.6 Å². The van der Waals surface area contributed by atoms with Crippen molar-refractivity contribution in [3.63, 3.8) is 0 Å². The molecule has 0 saturated carbocycles. The minimum absolute atomic E-state index is 0.216. The van der Waals surface area contributed by atoms with Crippen LogP contribution in [0.25, 0.3) is 0 Å². The first kappa shape index (κ1) is 26.8. The number of nitrogens with one attached hydrogen (secondary N) is 1. The van der Waals surface area contributed by atoms with Crippen molar-refractivity contribution >= 4 is 29.6 Å². The number of anilines is 2. The molecule has 10 nitrogen and oxygen atoms in total. The monoisotopic (exact) mass is 521 g/mol. The van der Waals surface area contributed by atoms with Gasteiger partial charge in [0.1, 0.15) is 17.7 Å². The Kier molecular flexibility index (Phi) is 7.47. The van der Waals surface area contributed by atoms with Crippen LogP contribution >= 0.6 is 0 Å². The SMILES string of the molecule is CC[C@@H](NC(=O)N1C(=O)[C@H](Cc2ccnc(N)c2)[C@H]1C(=O)N(C)c1nccn1C)c1cc(C)c(F)c(C)c1. The van der Waals surface area contributed by atoms with Crippen molar-refractivity contribution < 1.29 is 18.8 Å². The van der Waals surface area contributed by atoms with Gasteiger partial charge in [-0.05, 0) is 61.1 Å². The number of carbonyl (C=O) groups is 3. The topological polar surface area (TPSA) is 126 Å². The second kappa shape index (κ2) is 10.6. The number of likely N-dealkylation sites (N-methyl/N-ethyl adjacent to an activating group) is 1. The van der Waals surface area contributed by atoms with E-state index in [0.717, 1.165) is 16.0 Å². The third kappa shape index (κ3) is 4.96. The molecular weight excluding hydrogens is 489 g/mol. The molecule has 200 valence electrons. The van der Waals surface area contributed by atoms with Gasteiger partial charge in [-0.15, -0.1) is 0 Å². The van der Waals surface area contributed by atoms with Gasteiger partial charge in [-0.2, -0.15) is 0 Å². The van der Waals surface area contributed by atoms with Crippen LogP contribution in [0.1, 0.15) is 41.6 Å². The quantitative estimate of drug-likeness (QED) is 0.460. The number of nitrogens with zero attached hydrogens (tertiary/aromatic N) is 5. The molecule has 0 spiro atoms. The Morgan fingerprint density at radius 3 is 2.45 bits per heavy atom. The number of likely N-dealkylation sites (tertiary alicyclic amines) is 1. The lowest BCUT2D eigenvalue weighted by Gasteiger charge is -2.45. The summed E-state index contributed by atoms with van der Waals surface area (Å²) in [5.41, 5.74) is 8.19. The molecule has 2 aromatic heterocycles. The van der Waals surface area contributed by atoms with E-state index in [-0.39, 0.29) is 12.2 Å². The second-order valence-corrected chi connectivity index (χ2v) is 9.67. The summed E-state index contributed by atoms with van der Waals surface area (Å²) in [6.45, 7) is 5.21. The van der Waals surface area contributed by atoms with Crippen LogP contribution < -0.4 is 16.0 Å². The molecule has 0 unspecified atom stereocenters. The largest absolute Gasteiger partial charge is 0.384 e. The molecular formula is C27H32FN7O3. The van der Waals surface area contributed by atoms with Crippen LogP contribution in [0.15, 0.2) is 42.9 Å². The van der Waals surface area contributed by atoms with E-state index in [1.54, 1.807) is 69.2 Å². The Balaban J connectivity index is 1.62. The number of hydrogen-bond acceptors (Lipinski definition) is 6. The number of imidazole rings is 1. The molecule has 4 amide bonds. The Morgan fingerprint density at radius 2 is 1.87 bits per heavy atom. The Bertz CT molecular complexity index is 1370. The highest BCUT2D eigenvalue weighted by Crippen LogP contribution is 2.33. The zero-order valence-corrected chi connectivity index (χ0v) is 22.1. The molecule has 1 saturated heterocycles. The van der Waals surface area contributed by atoms with Crippen molar-refractivity contribution in [1.82, 2.24) is 24.8 Å². The first-order valence-electron chi connectivity index (χ1n) is 12.4. The number of nitrogen functional groups attached to an aromatic ring is 1. The molecule has 1 aliphatic heterocycles. The van der Waals surface area contributed by atoms with Crippen molar-refractivity contribution in [2.24, 2.45) is 13.0 Å². The molecule has 3 heterocycles. The summed E-state index contributed by atoms with van der Waals surface area (Å²) in [5, 5.41) is 2.87. The van der Waals surface area contributed by atoms with Gasteiger partial charge in [0.05, 0.1) is 12.0 Å². The number of pyridine rings is 1. The number of rotatable bonds is 7. The number of aryl methyl sites for hydroxylation is 3. The van der Waals surface area contributed by atoms with E-state index < -0.39 is 35.8 Å². The standard InChI is InChI=1S/C27H32FN7O3/c1-6-20(18-11-15(2)22(28)16(3)12-18)32-27(38)35-23(25(37)34(5)26-31-9-10-33(26)4)19(24(35)36)13-17-7-8-30-21(29)14-17/h7-12,14,19-20,23H,6,13H2,1-5H3,(H2,29,30)(H,32,38)/t19-,20-,23+/m1/s1. The molecule has 38 heavy (non-hydrogen) atoms. The molecule has 1 fully saturated rings. The number of β-lactam (4-membered cyclic amide) rings is 1. The summed E-state index contributed by atoms with van der Waals surface area (Å²) in [7, 11) is 3.31. The fourth-order valence-corrected chi connectivity index (χ4v) is 4.93. The highest BCUT2D eigenvalue weighted by molar-refractivity contribution is 6.12. The highest BCUT2D eigenvalue weighted by atomic mass is 19.1. The van der Waals surface area contributed by atoms with Crippen LogP contribution in [0.2, 0.25) is 0 Å². The molecule has 0 bridgehead atoms. The van der Waals surface area contributed by atoms with Crippen molar-refractivity contribution in [2.45, 2.75) is 45.7 Å². The van der Waals surface area contributed by atoms with Crippen molar-refractivity contribution in [1.29, 1.82) is 0 Å². The van der Waals surface area contributed by atoms with E-state index >= 15 is 0 Å². The number of aromatic nitrogens is 3. The van der Waals surface area contributed by atoms with E-state index in [1.165, 1.54) is 11.1 Å². The number of nitrogens with two attached hydrogens (primary N) is 1. The first-order chi connectivity index (χ1) is 18.0. The van der Waals surface area contributed by atoms with Crippen molar-refractivity contribution in [3.05, 3.63) is 70.9 Å². The number of benzene rings is 1. The van der Waals surface area contributed by atoms with Crippen LogP contribution in [0, 0.1) is 25.6 Å². The molecule has 0 radical (unpaired) electrons. The third-order valence-electron chi connectivity index (χ3n) is 6.98.